The van der Waals surface area contributed by atoms with Gasteiger partial charge in [-0.05, 0) is 58.5 Å². The van der Waals surface area contributed by atoms with Crippen LogP contribution in [0, 0.1) is 6.92 Å². The van der Waals surface area contributed by atoms with Crippen molar-refractivity contribution in [2.75, 3.05) is 32.7 Å². The Hall–Kier alpha value is -0.940. The molecule has 2 saturated heterocycles. The molecule has 8 nitrogen and oxygen atoms in total. The van der Waals surface area contributed by atoms with Gasteiger partial charge in [-0.3, -0.25) is 4.90 Å². The number of aliphatic imine (C=N–C) groups is 1. The predicted octanol–water partition coefficient (Wildman–Crippen LogP) is 3.06. The highest BCUT2D eigenvalue weighted by Gasteiger charge is 2.27. The van der Waals surface area contributed by atoms with Crippen molar-refractivity contribution in [3.63, 3.8) is 0 Å². The van der Waals surface area contributed by atoms with E-state index in [4.69, 9.17) is 4.99 Å². The highest BCUT2D eigenvalue weighted by Crippen LogP contribution is 2.25. The zero-order chi connectivity index (χ0) is 22.3. The number of likely N-dealkylation sites (N-methyl/N-ethyl adjacent to an activating group) is 1. The molecule has 33 heavy (non-hydrogen) atoms. The van der Waals surface area contributed by atoms with Crippen molar-refractivity contribution in [1.82, 2.24) is 35.2 Å². The van der Waals surface area contributed by atoms with Crippen LogP contribution in [0.2, 0.25) is 0 Å². The maximum absolute atomic E-state index is 4.92. The SMILES string of the molecule is CCN1CCCC1CNC(=NCc1nnc(C)n1C)NC1CCN(C2CCCCC2)CC1.I. The van der Waals surface area contributed by atoms with E-state index in [0.717, 1.165) is 36.7 Å². The van der Waals surface area contributed by atoms with Crippen LogP contribution < -0.4 is 10.6 Å². The summed E-state index contributed by atoms with van der Waals surface area (Å²) in [7, 11) is 2.01. The van der Waals surface area contributed by atoms with Crippen LogP contribution in [0.3, 0.4) is 0 Å². The largest absolute Gasteiger partial charge is 0.355 e. The first kappa shape index (κ1) is 26.7. The number of hydrogen-bond acceptors (Lipinski definition) is 5. The Balaban J connectivity index is 0.00000306. The number of nitrogens with one attached hydrogen (secondary N) is 2. The monoisotopic (exact) mass is 572 g/mol. The number of hydrogen-bond donors (Lipinski definition) is 2. The van der Waals surface area contributed by atoms with Gasteiger partial charge in [0.2, 0.25) is 0 Å². The Labute approximate surface area is 217 Å². The molecule has 188 valence electrons. The summed E-state index contributed by atoms with van der Waals surface area (Å²) in [6.45, 7) is 10.5. The van der Waals surface area contributed by atoms with E-state index in [1.165, 1.54) is 77.4 Å². The van der Waals surface area contributed by atoms with Crippen molar-refractivity contribution in [2.45, 2.75) is 96.3 Å². The first-order chi connectivity index (χ1) is 15.6. The van der Waals surface area contributed by atoms with E-state index < -0.39 is 0 Å². The van der Waals surface area contributed by atoms with Crippen LogP contribution in [0.5, 0.6) is 0 Å². The fraction of sp³-hybridized carbons (Fsp3) is 0.875. The van der Waals surface area contributed by atoms with Gasteiger partial charge in [0.15, 0.2) is 11.8 Å². The Bertz CT molecular complexity index is 737. The molecule has 1 aromatic rings. The predicted molar refractivity (Wildman–Crippen MR) is 145 cm³/mol. The third-order valence-electron chi connectivity index (χ3n) is 7.93. The minimum Gasteiger partial charge on any atom is -0.355 e. The number of piperidine rings is 1. The molecule has 3 aliphatic rings. The number of likely N-dealkylation sites (tertiary alicyclic amines) is 2. The maximum Gasteiger partial charge on any atom is 0.191 e. The van der Waals surface area contributed by atoms with Crippen LogP contribution in [0.1, 0.15) is 76.4 Å². The van der Waals surface area contributed by atoms with Crippen LogP contribution in [-0.2, 0) is 13.6 Å². The number of guanidine groups is 1. The van der Waals surface area contributed by atoms with E-state index in [1.807, 2.05) is 18.5 Å². The van der Waals surface area contributed by atoms with Gasteiger partial charge in [-0.1, -0.05) is 26.2 Å². The smallest absolute Gasteiger partial charge is 0.191 e. The fourth-order valence-electron chi connectivity index (χ4n) is 5.70. The highest BCUT2D eigenvalue weighted by molar-refractivity contribution is 14.0. The van der Waals surface area contributed by atoms with Crippen LogP contribution in [0.4, 0.5) is 0 Å². The van der Waals surface area contributed by atoms with Crippen molar-refractivity contribution >= 4 is 29.9 Å². The van der Waals surface area contributed by atoms with Gasteiger partial charge in [0.05, 0.1) is 0 Å². The molecule has 1 unspecified atom stereocenters. The van der Waals surface area contributed by atoms with Crippen LogP contribution in [-0.4, -0.2) is 81.4 Å². The molecule has 0 spiro atoms. The average Bonchev–Trinajstić information content (AvgIpc) is 3.42. The van der Waals surface area contributed by atoms with Gasteiger partial charge in [-0.15, -0.1) is 34.2 Å². The van der Waals surface area contributed by atoms with Crippen molar-refractivity contribution in [3.05, 3.63) is 11.6 Å². The fourth-order valence-corrected chi connectivity index (χ4v) is 5.70. The lowest BCUT2D eigenvalue weighted by atomic mass is 9.92. The Morgan fingerprint density at radius 2 is 1.76 bits per heavy atom. The Morgan fingerprint density at radius 1 is 1.00 bits per heavy atom. The van der Waals surface area contributed by atoms with E-state index in [1.54, 1.807) is 0 Å². The molecule has 1 saturated carbocycles. The molecular formula is C24H45IN8. The van der Waals surface area contributed by atoms with Crippen molar-refractivity contribution in [1.29, 1.82) is 0 Å². The van der Waals surface area contributed by atoms with Gasteiger partial charge in [-0.25, -0.2) is 4.99 Å². The van der Waals surface area contributed by atoms with Gasteiger partial charge >= 0.3 is 0 Å². The Morgan fingerprint density at radius 3 is 2.42 bits per heavy atom. The third kappa shape index (κ3) is 7.27. The minimum absolute atomic E-state index is 0. The lowest BCUT2D eigenvalue weighted by Crippen LogP contribution is -2.52. The second-order valence-electron chi connectivity index (χ2n) is 9.94. The van der Waals surface area contributed by atoms with E-state index >= 15 is 0 Å². The lowest BCUT2D eigenvalue weighted by Gasteiger charge is -2.39. The van der Waals surface area contributed by atoms with Crippen molar-refractivity contribution in [3.8, 4) is 0 Å². The molecule has 2 N–H and O–H groups in total. The van der Waals surface area contributed by atoms with E-state index in [2.05, 4.69) is 37.6 Å². The van der Waals surface area contributed by atoms with Gasteiger partial charge in [0.25, 0.3) is 0 Å². The normalized spacial score (nSPS) is 24.1. The molecule has 3 fully saturated rings. The first-order valence-electron chi connectivity index (χ1n) is 13.0. The molecule has 4 rings (SSSR count). The number of rotatable bonds is 7. The number of aryl methyl sites for hydroxylation is 1. The van der Waals surface area contributed by atoms with Crippen molar-refractivity contribution < 1.29 is 0 Å². The lowest BCUT2D eigenvalue weighted by molar-refractivity contribution is 0.119. The number of nitrogens with zero attached hydrogens (tertiary/aromatic N) is 6. The summed E-state index contributed by atoms with van der Waals surface area (Å²) in [5.41, 5.74) is 0. The molecule has 0 aromatic carbocycles. The topological polar surface area (TPSA) is 73.6 Å². The summed E-state index contributed by atoms with van der Waals surface area (Å²) < 4.78 is 2.03. The van der Waals surface area contributed by atoms with Crippen LogP contribution in [0.25, 0.3) is 0 Å². The highest BCUT2D eigenvalue weighted by atomic mass is 127. The summed E-state index contributed by atoms with van der Waals surface area (Å²) in [6.07, 6.45) is 12.0. The third-order valence-corrected chi connectivity index (χ3v) is 7.93. The van der Waals surface area contributed by atoms with Gasteiger partial charge in [0.1, 0.15) is 12.4 Å². The molecule has 1 aromatic heterocycles. The zero-order valence-electron chi connectivity index (χ0n) is 20.9. The Kier molecular flexibility index (Phi) is 10.7. The van der Waals surface area contributed by atoms with Gasteiger partial charge in [-0.2, -0.15) is 0 Å². The summed E-state index contributed by atoms with van der Waals surface area (Å²) in [4.78, 5) is 10.3. The van der Waals surface area contributed by atoms with Gasteiger partial charge in [0, 0.05) is 44.8 Å². The summed E-state index contributed by atoms with van der Waals surface area (Å²) in [5, 5.41) is 15.9. The molecule has 2 aliphatic heterocycles. The van der Waals surface area contributed by atoms with Gasteiger partial charge < -0.3 is 20.1 Å². The van der Waals surface area contributed by atoms with Crippen LogP contribution in [0.15, 0.2) is 4.99 Å². The average molecular weight is 573 g/mol. The summed E-state index contributed by atoms with van der Waals surface area (Å²) in [6, 6.07) is 1.93. The van der Waals surface area contributed by atoms with Crippen LogP contribution >= 0.6 is 24.0 Å². The number of halogens is 1. The number of aromatic nitrogens is 3. The molecule has 1 aliphatic carbocycles. The molecule has 0 bridgehead atoms. The van der Waals surface area contributed by atoms with E-state index in [9.17, 15) is 0 Å². The summed E-state index contributed by atoms with van der Waals surface area (Å²) in [5.74, 6) is 2.77. The molecule has 3 heterocycles. The van der Waals surface area contributed by atoms with Crippen molar-refractivity contribution in [2.24, 2.45) is 12.0 Å². The maximum atomic E-state index is 4.92. The van der Waals surface area contributed by atoms with E-state index in [0.29, 0.717) is 18.6 Å². The standard InChI is InChI=1S/C24H44N8.HI/c1-4-31-14-8-11-22(31)17-25-24(26-18-23-29-28-19(2)30(23)3)27-20-12-15-32(16-13-20)21-9-6-5-7-10-21;/h20-22H,4-18H2,1-3H3,(H2,25,26,27);1H. The zero-order valence-corrected chi connectivity index (χ0v) is 23.3. The van der Waals surface area contributed by atoms with E-state index in [-0.39, 0.29) is 24.0 Å². The second-order valence-corrected chi connectivity index (χ2v) is 9.94. The molecule has 0 amide bonds. The summed E-state index contributed by atoms with van der Waals surface area (Å²) >= 11 is 0. The minimum atomic E-state index is 0. The molecular weight excluding hydrogens is 527 g/mol. The second kappa shape index (κ2) is 13.2. The molecule has 1 atom stereocenters. The molecule has 9 heteroatoms. The molecule has 0 radical (unpaired) electrons. The quantitative estimate of drug-likeness (QED) is 0.298. The first-order valence-corrected chi connectivity index (χ1v) is 13.0.